The van der Waals surface area contributed by atoms with Crippen molar-refractivity contribution < 1.29 is 4.92 Å². The Morgan fingerprint density at radius 1 is 1.30 bits per heavy atom. The number of nitro groups is 1. The monoisotopic (exact) mass is 422 g/mol. The van der Waals surface area contributed by atoms with Crippen molar-refractivity contribution in [2.75, 3.05) is 0 Å². The van der Waals surface area contributed by atoms with Crippen LogP contribution < -0.4 is 5.56 Å². The number of allylic oxidation sites excluding steroid dienone is 3. The Bertz CT molecular complexity index is 1210. The van der Waals surface area contributed by atoms with E-state index in [9.17, 15) is 20.2 Å². The molecule has 0 aliphatic heterocycles. The predicted molar refractivity (Wildman–Crippen MR) is 106 cm³/mol. The van der Waals surface area contributed by atoms with E-state index in [4.69, 9.17) is 0 Å². The summed E-state index contributed by atoms with van der Waals surface area (Å²) in [5, 5.41) is 20.8. The first-order valence-electron chi connectivity index (χ1n) is 7.71. The van der Waals surface area contributed by atoms with Crippen molar-refractivity contribution in [2.45, 2.75) is 0 Å². The van der Waals surface area contributed by atoms with Crippen molar-refractivity contribution in [1.82, 2.24) is 9.97 Å². The molecule has 0 atom stereocenters. The van der Waals surface area contributed by atoms with Crippen LogP contribution in [-0.4, -0.2) is 14.9 Å². The van der Waals surface area contributed by atoms with Crippen molar-refractivity contribution in [3.8, 4) is 6.07 Å². The first-order chi connectivity index (χ1) is 13.0. The molecule has 0 aliphatic rings. The van der Waals surface area contributed by atoms with Crippen molar-refractivity contribution >= 4 is 44.2 Å². The van der Waals surface area contributed by atoms with Crippen LogP contribution in [0.2, 0.25) is 0 Å². The minimum Gasteiger partial charge on any atom is -0.305 e. The Labute approximate surface area is 161 Å². The highest BCUT2D eigenvalue weighted by Crippen LogP contribution is 2.20. The van der Waals surface area contributed by atoms with E-state index < -0.39 is 4.92 Å². The Kier molecular flexibility index (Phi) is 5.24. The maximum absolute atomic E-state index is 12.2. The van der Waals surface area contributed by atoms with E-state index in [2.05, 4.69) is 25.9 Å². The zero-order valence-corrected chi connectivity index (χ0v) is 15.3. The molecule has 0 unspecified atom stereocenters. The number of aromatic nitrogens is 2. The lowest BCUT2D eigenvalue weighted by atomic mass is 10.1. The number of hydrogen-bond donors (Lipinski definition) is 1. The number of nitrogens with one attached hydrogen (secondary N) is 1. The highest BCUT2D eigenvalue weighted by atomic mass is 79.9. The van der Waals surface area contributed by atoms with Crippen LogP contribution in [0.3, 0.4) is 0 Å². The molecule has 2 aromatic carbocycles. The Hall–Kier alpha value is -3.57. The molecule has 27 heavy (non-hydrogen) atoms. The maximum Gasteiger partial charge on any atom is 0.276 e. The van der Waals surface area contributed by atoms with Crippen LogP contribution >= 0.6 is 15.9 Å². The van der Waals surface area contributed by atoms with Crippen LogP contribution in [0.15, 0.2) is 63.9 Å². The molecule has 1 aromatic heterocycles. The lowest BCUT2D eigenvalue weighted by Crippen LogP contribution is -2.11. The number of fused-ring (bicyclic) bond motifs is 1. The lowest BCUT2D eigenvalue weighted by molar-refractivity contribution is -0.385. The van der Waals surface area contributed by atoms with Gasteiger partial charge in [0.1, 0.15) is 6.07 Å². The van der Waals surface area contributed by atoms with Gasteiger partial charge in [0.15, 0.2) is 5.82 Å². The fourth-order valence-electron chi connectivity index (χ4n) is 2.45. The zero-order chi connectivity index (χ0) is 19.4. The summed E-state index contributed by atoms with van der Waals surface area (Å²) in [5.74, 6) is 0.129. The summed E-state index contributed by atoms with van der Waals surface area (Å²) in [6, 6.07) is 13.3. The highest BCUT2D eigenvalue weighted by molar-refractivity contribution is 9.10. The van der Waals surface area contributed by atoms with Gasteiger partial charge in [-0.25, -0.2) is 4.98 Å². The summed E-state index contributed by atoms with van der Waals surface area (Å²) in [6.45, 7) is 0. The molecule has 0 bridgehead atoms. The second-order valence-electron chi connectivity index (χ2n) is 5.44. The molecule has 3 aromatic rings. The van der Waals surface area contributed by atoms with E-state index in [-0.39, 0.29) is 22.6 Å². The molecule has 3 rings (SSSR count). The van der Waals surface area contributed by atoms with Gasteiger partial charge in [0.25, 0.3) is 11.2 Å². The third-order valence-corrected chi connectivity index (χ3v) is 4.21. The smallest absolute Gasteiger partial charge is 0.276 e. The van der Waals surface area contributed by atoms with E-state index in [1.54, 1.807) is 36.4 Å². The van der Waals surface area contributed by atoms with Crippen molar-refractivity contribution in [3.05, 3.63) is 90.9 Å². The summed E-state index contributed by atoms with van der Waals surface area (Å²) in [5.41, 5.74) is 0.594. The molecule has 132 valence electrons. The minimum atomic E-state index is -0.477. The molecular formula is C19H11BrN4O3. The van der Waals surface area contributed by atoms with E-state index in [1.165, 1.54) is 24.3 Å². The van der Waals surface area contributed by atoms with Crippen molar-refractivity contribution in [3.63, 3.8) is 0 Å². The fourth-order valence-corrected chi connectivity index (χ4v) is 2.81. The van der Waals surface area contributed by atoms with Crippen LogP contribution in [0.4, 0.5) is 5.69 Å². The SMILES string of the molecule is N#C/C(=C/C=C/c1ccccc1[N+](=O)[O-])c1nc2ccc(Br)cc2c(=O)[nH]1. The van der Waals surface area contributed by atoms with E-state index in [1.807, 2.05) is 6.07 Å². The number of H-pyrrole nitrogens is 1. The summed E-state index contributed by atoms with van der Waals surface area (Å²) in [6.07, 6.45) is 4.47. The van der Waals surface area contributed by atoms with E-state index >= 15 is 0 Å². The van der Waals surface area contributed by atoms with Gasteiger partial charge in [0.05, 0.1) is 27.0 Å². The number of para-hydroxylation sites is 1. The number of halogens is 1. The quantitative estimate of drug-likeness (QED) is 0.292. The van der Waals surface area contributed by atoms with Crippen LogP contribution in [0.25, 0.3) is 22.6 Å². The Balaban J connectivity index is 2.00. The standard InChI is InChI=1S/C19H11BrN4O3/c20-14-8-9-16-15(10-14)19(25)23-18(22-16)13(11-21)6-3-5-12-4-1-2-7-17(12)24(26)27/h1-10H,(H,22,23,25)/b5-3+,13-6-. The second-order valence-corrected chi connectivity index (χ2v) is 6.36. The molecule has 0 aliphatic carbocycles. The average Bonchev–Trinajstić information content (AvgIpc) is 2.66. The van der Waals surface area contributed by atoms with Gasteiger partial charge in [-0.2, -0.15) is 5.26 Å². The average molecular weight is 423 g/mol. The van der Waals surface area contributed by atoms with Crippen LogP contribution in [0.1, 0.15) is 11.4 Å². The summed E-state index contributed by atoms with van der Waals surface area (Å²) >= 11 is 3.30. The predicted octanol–water partition coefficient (Wildman–Crippen LogP) is 4.21. The van der Waals surface area contributed by atoms with Crippen LogP contribution in [-0.2, 0) is 0 Å². The largest absolute Gasteiger partial charge is 0.305 e. The molecule has 1 N–H and O–H groups in total. The van der Waals surface area contributed by atoms with Gasteiger partial charge in [-0.1, -0.05) is 34.1 Å². The molecular weight excluding hydrogens is 412 g/mol. The zero-order valence-electron chi connectivity index (χ0n) is 13.7. The van der Waals surface area contributed by atoms with E-state index in [0.29, 0.717) is 16.5 Å². The van der Waals surface area contributed by atoms with Gasteiger partial charge in [-0.15, -0.1) is 0 Å². The summed E-state index contributed by atoms with van der Waals surface area (Å²) in [4.78, 5) is 29.7. The van der Waals surface area contributed by atoms with Crippen molar-refractivity contribution in [2.24, 2.45) is 0 Å². The molecule has 0 amide bonds. The minimum absolute atomic E-state index is 0.0385. The molecule has 0 saturated heterocycles. The van der Waals surface area contributed by atoms with Gasteiger partial charge in [0, 0.05) is 10.5 Å². The van der Waals surface area contributed by atoms with Gasteiger partial charge in [0.2, 0.25) is 0 Å². The Morgan fingerprint density at radius 3 is 2.81 bits per heavy atom. The number of rotatable bonds is 4. The normalized spacial score (nSPS) is 11.6. The topological polar surface area (TPSA) is 113 Å². The first-order valence-corrected chi connectivity index (χ1v) is 8.51. The van der Waals surface area contributed by atoms with Crippen LogP contribution in [0.5, 0.6) is 0 Å². The summed E-state index contributed by atoms with van der Waals surface area (Å²) < 4.78 is 0.749. The number of nitrogens with zero attached hydrogens (tertiary/aromatic N) is 3. The van der Waals surface area contributed by atoms with E-state index in [0.717, 1.165) is 4.47 Å². The third kappa shape index (κ3) is 3.99. The number of nitriles is 1. The van der Waals surface area contributed by atoms with Gasteiger partial charge >= 0.3 is 0 Å². The molecule has 0 radical (unpaired) electrons. The summed E-state index contributed by atoms with van der Waals surface area (Å²) in [7, 11) is 0. The molecule has 0 fully saturated rings. The molecule has 1 heterocycles. The number of hydrogen-bond acceptors (Lipinski definition) is 5. The maximum atomic E-state index is 12.2. The molecule has 8 heteroatoms. The first kappa shape index (κ1) is 18.2. The fraction of sp³-hybridized carbons (Fsp3) is 0. The second kappa shape index (κ2) is 7.76. The number of aromatic amines is 1. The Morgan fingerprint density at radius 2 is 2.07 bits per heavy atom. The molecule has 0 saturated carbocycles. The van der Waals surface area contributed by atoms with Gasteiger partial charge < -0.3 is 4.98 Å². The van der Waals surface area contributed by atoms with Gasteiger partial charge in [-0.05, 0) is 36.4 Å². The third-order valence-electron chi connectivity index (χ3n) is 3.72. The molecule has 0 spiro atoms. The highest BCUT2D eigenvalue weighted by Gasteiger charge is 2.10. The van der Waals surface area contributed by atoms with Crippen LogP contribution in [0, 0.1) is 21.4 Å². The number of nitro benzene ring substituents is 1. The lowest BCUT2D eigenvalue weighted by Gasteiger charge is -2.02. The number of benzene rings is 2. The molecule has 7 nitrogen and oxygen atoms in total. The van der Waals surface area contributed by atoms with Gasteiger partial charge in [-0.3, -0.25) is 14.9 Å². The van der Waals surface area contributed by atoms with Crippen molar-refractivity contribution in [1.29, 1.82) is 5.26 Å².